The molecule has 4 aliphatic rings. The lowest BCUT2D eigenvalue weighted by molar-refractivity contribution is -0.137. The van der Waals surface area contributed by atoms with Crippen LogP contribution in [0.25, 0.3) is 0 Å². The normalized spacial score (nSPS) is 22.7. The summed E-state index contributed by atoms with van der Waals surface area (Å²) in [5, 5.41) is 14.5. The summed E-state index contributed by atoms with van der Waals surface area (Å²) in [6.45, 7) is 6.20. The fraction of sp³-hybridized carbons (Fsp3) is 0.588. The van der Waals surface area contributed by atoms with Gasteiger partial charge in [-0.15, -0.1) is 0 Å². The van der Waals surface area contributed by atoms with Crippen molar-refractivity contribution in [3.8, 4) is 17.2 Å². The van der Waals surface area contributed by atoms with Gasteiger partial charge in [0, 0.05) is 32.2 Å². The minimum Gasteiger partial charge on any atom is -0.484 e. The van der Waals surface area contributed by atoms with Crippen LogP contribution in [-0.2, 0) is 40.2 Å². The van der Waals surface area contributed by atoms with Gasteiger partial charge in [-0.3, -0.25) is 4.79 Å². The molecule has 0 aromatic heterocycles. The monoisotopic (exact) mass is 719 g/mol. The third-order valence-corrected chi connectivity index (χ3v) is 10.9. The van der Waals surface area contributed by atoms with Gasteiger partial charge in [0.05, 0.1) is 49.4 Å². The van der Waals surface area contributed by atoms with Crippen LogP contribution >= 0.6 is 0 Å². The lowest BCUT2D eigenvalue weighted by Gasteiger charge is -2.31. The molecule has 3 saturated heterocycles. The molecule has 15 nitrogen and oxygen atoms in total. The molecule has 16 heteroatoms. The van der Waals surface area contributed by atoms with Crippen molar-refractivity contribution in [2.45, 2.75) is 56.1 Å². The van der Waals surface area contributed by atoms with Gasteiger partial charge in [0.1, 0.15) is 11.9 Å². The Morgan fingerprint density at radius 2 is 1.78 bits per heavy atom. The zero-order valence-electron chi connectivity index (χ0n) is 28.2. The van der Waals surface area contributed by atoms with Crippen molar-refractivity contribution in [1.82, 2.24) is 14.5 Å². The molecule has 0 radical (unpaired) electrons. The summed E-state index contributed by atoms with van der Waals surface area (Å²) in [6, 6.07) is 10.4. The van der Waals surface area contributed by atoms with E-state index >= 15 is 0 Å². The summed E-state index contributed by atoms with van der Waals surface area (Å²) in [5.74, 6) is 0.960. The first-order valence-electron chi connectivity index (χ1n) is 16.9. The first-order valence-corrected chi connectivity index (χ1v) is 18.4. The summed E-state index contributed by atoms with van der Waals surface area (Å²) in [6.07, 6.45) is -2.19. The lowest BCUT2D eigenvalue weighted by Crippen LogP contribution is -2.51. The van der Waals surface area contributed by atoms with Crippen LogP contribution in [0.1, 0.15) is 25.8 Å². The van der Waals surface area contributed by atoms with Crippen LogP contribution in [-0.4, -0.2) is 125 Å². The molecule has 50 heavy (non-hydrogen) atoms. The van der Waals surface area contributed by atoms with Crippen molar-refractivity contribution in [2.75, 3.05) is 66.0 Å². The largest absolute Gasteiger partial charge is 0.484 e. The number of sulfonamides is 1. The summed E-state index contributed by atoms with van der Waals surface area (Å²) < 4.78 is 67.7. The van der Waals surface area contributed by atoms with E-state index in [1.165, 1.54) is 22.5 Å². The Kier molecular flexibility index (Phi) is 11.7. The number of nitrogens with one attached hydrogen (secondary N) is 1. The van der Waals surface area contributed by atoms with E-state index in [2.05, 4.69) is 5.32 Å². The topological polar surface area (TPSA) is 172 Å². The van der Waals surface area contributed by atoms with E-state index in [9.17, 15) is 23.1 Å². The summed E-state index contributed by atoms with van der Waals surface area (Å²) in [5.41, 5.74) is 0.726. The fourth-order valence-electron chi connectivity index (χ4n) is 6.38. The fourth-order valence-corrected chi connectivity index (χ4v) is 8.02. The molecule has 2 aromatic carbocycles. The number of carbonyl (C=O) groups is 2. The Labute approximate surface area is 291 Å². The maximum absolute atomic E-state index is 13.9. The minimum atomic E-state index is -4.09. The van der Waals surface area contributed by atoms with Crippen LogP contribution in [0.3, 0.4) is 0 Å². The number of rotatable bonds is 14. The molecule has 6 rings (SSSR count). The van der Waals surface area contributed by atoms with E-state index < -0.39 is 40.7 Å². The van der Waals surface area contributed by atoms with Crippen molar-refractivity contribution in [3.63, 3.8) is 0 Å². The number of hydrogen-bond donors (Lipinski definition) is 2. The molecular weight excluding hydrogens is 674 g/mol. The Bertz CT molecular complexity index is 1580. The van der Waals surface area contributed by atoms with Gasteiger partial charge >= 0.3 is 6.09 Å². The highest BCUT2D eigenvalue weighted by molar-refractivity contribution is 7.89. The number of aliphatic hydroxyl groups excluding tert-OH is 1. The number of nitrogens with zero attached hydrogens (tertiary/aromatic N) is 2. The number of alkyl carbamates (subject to hydrolysis) is 1. The standard InChI is InChI=1S/C34H45N3O12S/c1-22(2)17-37(50(41,42)25-7-8-29-30(16-25)48-21-47-29)18-28(38)27(35-34(40)49-31-19-46-33-26(31)9-12-44-33)15-23-3-5-24(6-4-23)45-20-32(39)36-10-13-43-14-11-36/h3-8,16,22,26-28,31,33,38H,9-15,17-21H2,1-2H3,(H,35,40). The van der Waals surface area contributed by atoms with Crippen LogP contribution in [0.15, 0.2) is 47.4 Å². The van der Waals surface area contributed by atoms with Crippen molar-refractivity contribution in [3.05, 3.63) is 48.0 Å². The molecule has 0 aliphatic carbocycles. The first kappa shape index (κ1) is 36.1. The molecule has 274 valence electrons. The highest BCUT2D eigenvalue weighted by Gasteiger charge is 2.44. The van der Waals surface area contributed by atoms with Gasteiger partial charge in [-0.2, -0.15) is 4.31 Å². The van der Waals surface area contributed by atoms with Gasteiger partial charge in [-0.05, 0) is 48.6 Å². The first-order chi connectivity index (χ1) is 24.1. The maximum atomic E-state index is 13.9. The number of benzene rings is 2. The third-order valence-electron chi connectivity index (χ3n) is 9.06. The van der Waals surface area contributed by atoms with Crippen LogP contribution < -0.4 is 19.5 Å². The zero-order valence-corrected chi connectivity index (χ0v) is 29.0. The third kappa shape index (κ3) is 8.79. The quantitative estimate of drug-likeness (QED) is 0.291. The van der Waals surface area contributed by atoms with Gasteiger partial charge in [-0.25, -0.2) is 13.2 Å². The molecule has 2 N–H and O–H groups in total. The molecule has 0 spiro atoms. The van der Waals surface area contributed by atoms with Crippen LogP contribution in [0.2, 0.25) is 0 Å². The average molecular weight is 720 g/mol. The molecule has 0 saturated carbocycles. The zero-order chi connectivity index (χ0) is 35.3. The number of hydrogen-bond acceptors (Lipinski definition) is 12. The molecule has 4 aliphatic heterocycles. The number of aliphatic hydroxyl groups is 1. The van der Waals surface area contributed by atoms with Crippen LogP contribution in [0, 0.1) is 11.8 Å². The van der Waals surface area contributed by atoms with Crippen molar-refractivity contribution >= 4 is 22.0 Å². The van der Waals surface area contributed by atoms with Gasteiger partial charge in [0.25, 0.3) is 5.91 Å². The van der Waals surface area contributed by atoms with E-state index in [-0.39, 0.29) is 62.2 Å². The summed E-state index contributed by atoms with van der Waals surface area (Å²) in [4.78, 5) is 27.5. The van der Waals surface area contributed by atoms with E-state index in [4.69, 9.17) is 33.2 Å². The van der Waals surface area contributed by atoms with Gasteiger partial charge in [0.2, 0.25) is 16.8 Å². The molecule has 2 aromatic rings. The van der Waals surface area contributed by atoms with Gasteiger partial charge in [-0.1, -0.05) is 26.0 Å². The smallest absolute Gasteiger partial charge is 0.407 e. The van der Waals surface area contributed by atoms with E-state index in [1.807, 2.05) is 13.8 Å². The predicted octanol–water partition coefficient (Wildman–Crippen LogP) is 1.76. The molecule has 2 amide bonds. The Morgan fingerprint density at radius 3 is 2.54 bits per heavy atom. The predicted molar refractivity (Wildman–Crippen MR) is 176 cm³/mol. The Balaban J connectivity index is 1.16. The Hall–Kier alpha value is -3.67. The van der Waals surface area contributed by atoms with Crippen LogP contribution in [0.4, 0.5) is 4.79 Å². The second-order valence-corrected chi connectivity index (χ2v) is 15.1. The Morgan fingerprint density at radius 1 is 1.02 bits per heavy atom. The SMILES string of the molecule is CC(C)CN(CC(O)C(Cc1ccc(OCC(=O)N2CCOCC2)cc1)NC(=O)OC1COC2OCCC12)S(=O)(=O)c1ccc2c(c1)OCO2. The van der Waals surface area contributed by atoms with Crippen LogP contribution in [0.5, 0.6) is 17.2 Å². The molecular formula is C34H45N3O12S. The number of morpholine rings is 1. The molecule has 4 heterocycles. The minimum absolute atomic E-state index is 0.00220. The summed E-state index contributed by atoms with van der Waals surface area (Å²) >= 11 is 0. The molecule has 3 fully saturated rings. The summed E-state index contributed by atoms with van der Waals surface area (Å²) in [7, 11) is -4.09. The number of fused-ring (bicyclic) bond motifs is 2. The second kappa shape index (κ2) is 16.1. The maximum Gasteiger partial charge on any atom is 0.407 e. The van der Waals surface area contributed by atoms with E-state index in [0.29, 0.717) is 56.6 Å². The number of amides is 2. The lowest BCUT2D eigenvalue weighted by atomic mass is 10.0. The van der Waals surface area contributed by atoms with E-state index in [1.54, 1.807) is 29.2 Å². The molecule has 5 unspecified atom stereocenters. The second-order valence-electron chi connectivity index (χ2n) is 13.1. The van der Waals surface area contributed by atoms with Crippen molar-refractivity contribution in [2.24, 2.45) is 11.8 Å². The highest BCUT2D eigenvalue weighted by atomic mass is 32.2. The van der Waals surface area contributed by atoms with Gasteiger partial charge < -0.3 is 48.5 Å². The van der Waals surface area contributed by atoms with Crippen molar-refractivity contribution < 1.29 is 56.3 Å². The average Bonchev–Trinajstić information content (AvgIpc) is 3.86. The molecule has 5 atom stereocenters. The molecule has 0 bridgehead atoms. The number of ether oxygens (including phenoxy) is 7. The number of carbonyl (C=O) groups excluding carboxylic acids is 2. The van der Waals surface area contributed by atoms with Gasteiger partial charge in [0.15, 0.2) is 24.4 Å². The van der Waals surface area contributed by atoms with Crippen molar-refractivity contribution in [1.29, 1.82) is 0 Å². The highest BCUT2D eigenvalue weighted by Crippen LogP contribution is 2.35. The van der Waals surface area contributed by atoms with E-state index in [0.717, 1.165) is 5.56 Å².